The van der Waals surface area contributed by atoms with Crippen molar-refractivity contribution in [3.63, 3.8) is 0 Å². The van der Waals surface area contributed by atoms with Crippen LogP contribution in [0, 0.1) is 19.7 Å². The van der Waals surface area contributed by atoms with Crippen LogP contribution in [0.4, 0.5) is 10.2 Å². The van der Waals surface area contributed by atoms with Crippen molar-refractivity contribution in [2.24, 2.45) is 0 Å². The van der Waals surface area contributed by atoms with Crippen LogP contribution in [-0.2, 0) is 0 Å². The standard InChI is InChI=1S/C17H20ClFN4O/c1-8-9(2)20-16(23-6-10-4-5-11(7-23)21-10)13-12(8)14(19)15(18)22-17(13)24-3/h10-11,21H,4-7H2,1-3H3. The molecule has 0 radical (unpaired) electrons. The van der Waals surface area contributed by atoms with Crippen molar-refractivity contribution in [2.45, 2.75) is 38.8 Å². The molecule has 2 fully saturated rings. The Balaban J connectivity index is 1.98. The van der Waals surface area contributed by atoms with Gasteiger partial charge in [-0.05, 0) is 32.3 Å². The second-order valence-corrected chi connectivity index (χ2v) is 7.02. The number of nitrogens with zero attached hydrogens (tertiary/aromatic N) is 3. The fraction of sp³-hybridized carbons (Fsp3) is 0.529. The highest BCUT2D eigenvalue weighted by Gasteiger charge is 2.34. The second-order valence-electron chi connectivity index (χ2n) is 6.66. The molecule has 5 nitrogen and oxygen atoms in total. The molecule has 2 aromatic heterocycles. The largest absolute Gasteiger partial charge is 0.480 e. The molecule has 2 saturated heterocycles. The van der Waals surface area contributed by atoms with Gasteiger partial charge in [0.1, 0.15) is 5.82 Å². The van der Waals surface area contributed by atoms with Crippen molar-refractivity contribution < 1.29 is 9.13 Å². The molecule has 0 aromatic carbocycles. The molecule has 1 N–H and O–H groups in total. The smallest absolute Gasteiger partial charge is 0.226 e. The number of aromatic nitrogens is 2. The maximum atomic E-state index is 14.8. The number of pyridine rings is 2. The number of hydrogen-bond donors (Lipinski definition) is 1. The summed E-state index contributed by atoms with van der Waals surface area (Å²) in [7, 11) is 1.52. The average Bonchev–Trinajstić information content (AvgIpc) is 2.91. The molecule has 4 rings (SSSR count). The molecule has 2 atom stereocenters. The van der Waals surface area contributed by atoms with Gasteiger partial charge in [-0.2, -0.15) is 4.98 Å². The van der Waals surface area contributed by atoms with Crippen LogP contribution >= 0.6 is 11.6 Å². The van der Waals surface area contributed by atoms with E-state index in [1.165, 1.54) is 20.0 Å². The molecule has 2 aliphatic heterocycles. The molecule has 0 spiro atoms. The second kappa shape index (κ2) is 5.70. The number of nitrogens with one attached hydrogen (secondary N) is 1. The van der Waals surface area contributed by atoms with E-state index < -0.39 is 5.82 Å². The van der Waals surface area contributed by atoms with Crippen molar-refractivity contribution >= 4 is 28.2 Å². The molecular formula is C17H20ClFN4O. The van der Waals surface area contributed by atoms with Gasteiger partial charge in [-0.15, -0.1) is 0 Å². The fourth-order valence-electron chi connectivity index (χ4n) is 3.90. The lowest BCUT2D eigenvalue weighted by molar-refractivity contribution is 0.401. The fourth-order valence-corrected chi connectivity index (χ4v) is 4.07. The summed E-state index contributed by atoms with van der Waals surface area (Å²) in [5.74, 6) is 0.564. The topological polar surface area (TPSA) is 50.3 Å². The Kier molecular flexibility index (Phi) is 3.77. The molecule has 2 bridgehead atoms. The van der Waals surface area contributed by atoms with Gasteiger partial charge in [0, 0.05) is 36.3 Å². The average molecular weight is 351 g/mol. The molecule has 2 aromatic rings. The van der Waals surface area contributed by atoms with Gasteiger partial charge in [0.15, 0.2) is 11.0 Å². The SMILES string of the molecule is COc1nc(Cl)c(F)c2c(C)c(C)nc(N3CC4CCC(C3)N4)c12. The first kappa shape index (κ1) is 15.8. The van der Waals surface area contributed by atoms with Gasteiger partial charge in [0.05, 0.1) is 12.5 Å². The summed E-state index contributed by atoms with van der Waals surface area (Å²) < 4.78 is 20.2. The number of piperazine rings is 1. The van der Waals surface area contributed by atoms with E-state index in [0.717, 1.165) is 30.2 Å². The normalized spacial score (nSPS) is 23.1. The number of halogens is 2. The minimum Gasteiger partial charge on any atom is -0.480 e. The maximum Gasteiger partial charge on any atom is 0.226 e. The number of hydrogen-bond acceptors (Lipinski definition) is 5. The zero-order valence-corrected chi connectivity index (χ0v) is 14.7. The quantitative estimate of drug-likeness (QED) is 0.844. The molecule has 2 unspecified atom stereocenters. The number of fused-ring (bicyclic) bond motifs is 3. The molecule has 24 heavy (non-hydrogen) atoms. The van der Waals surface area contributed by atoms with E-state index in [0.29, 0.717) is 28.7 Å². The summed E-state index contributed by atoms with van der Waals surface area (Å²) in [6.45, 7) is 5.47. The van der Waals surface area contributed by atoms with E-state index >= 15 is 0 Å². The van der Waals surface area contributed by atoms with Gasteiger partial charge >= 0.3 is 0 Å². The van der Waals surface area contributed by atoms with Crippen LogP contribution in [0.2, 0.25) is 5.15 Å². The Bertz CT molecular complexity index is 808. The Hall–Kier alpha value is -1.66. The predicted octanol–water partition coefficient (Wildman–Crippen LogP) is 2.99. The molecule has 2 aliphatic rings. The minimum absolute atomic E-state index is 0.167. The minimum atomic E-state index is -0.505. The van der Waals surface area contributed by atoms with Crippen molar-refractivity contribution in [1.29, 1.82) is 0 Å². The van der Waals surface area contributed by atoms with Crippen molar-refractivity contribution in [3.05, 3.63) is 22.2 Å². The Morgan fingerprint density at radius 3 is 2.46 bits per heavy atom. The highest BCUT2D eigenvalue weighted by atomic mass is 35.5. The number of ether oxygens (including phenoxy) is 1. The highest BCUT2D eigenvalue weighted by molar-refractivity contribution is 6.30. The molecule has 0 saturated carbocycles. The third-order valence-corrected chi connectivity index (χ3v) is 5.44. The summed E-state index contributed by atoms with van der Waals surface area (Å²) in [6.07, 6.45) is 2.33. The van der Waals surface area contributed by atoms with Crippen molar-refractivity contribution in [3.8, 4) is 5.88 Å². The lowest BCUT2D eigenvalue weighted by Gasteiger charge is -2.35. The van der Waals surface area contributed by atoms with Crippen molar-refractivity contribution in [1.82, 2.24) is 15.3 Å². The van der Waals surface area contributed by atoms with Gasteiger partial charge in [0.25, 0.3) is 0 Å². The summed E-state index contributed by atoms with van der Waals surface area (Å²) in [4.78, 5) is 11.1. The summed E-state index contributed by atoms with van der Waals surface area (Å²) in [6, 6.07) is 0.914. The van der Waals surface area contributed by atoms with Crippen LogP contribution in [0.25, 0.3) is 10.8 Å². The van der Waals surface area contributed by atoms with Gasteiger partial charge in [-0.25, -0.2) is 9.37 Å². The first-order chi connectivity index (χ1) is 11.5. The molecule has 0 amide bonds. The van der Waals surface area contributed by atoms with Gasteiger partial charge in [-0.1, -0.05) is 11.6 Å². The van der Waals surface area contributed by atoms with Gasteiger partial charge in [-0.3, -0.25) is 0 Å². The lowest BCUT2D eigenvalue weighted by Crippen LogP contribution is -2.51. The zero-order valence-electron chi connectivity index (χ0n) is 14.0. The van der Waals surface area contributed by atoms with Crippen LogP contribution in [-0.4, -0.2) is 42.3 Å². The van der Waals surface area contributed by atoms with E-state index in [-0.39, 0.29) is 5.15 Å². The first-order valence-corrected chi connectivity index (χ1v) is 8.58. The van der Waals surface area contributed by atoms with Gasteiger partial charge in [0.2, 0.25) is 5.88 Å². The monoisotopic (exact) mass is 350 g/mol. The van der Waals surface area contributed by atoms with Crippen LogP contribution in [0.15, 0.2) is 0 Å². The molecular weight excluding hydrogens is 331 g/mol. The Labute approximate surface area is 145 Å². The molecule has 4 heterocycles. The molecule has 128 valence electrons. The Morgan fingerprint density at radius 2 is 1.83 bits per heavy atom. The third kappa shape index (κ3) is 2.31. The van der Waals surface area contributed by atoms with E-state index in [2.05, 4.69) is 15.2 Å². The van der Waals surface area contributed by atoms with E-state index in [1.54, 1.807) is 0 Å². The van der Waals surface area contributed by atoms with Crippen LogP contribution in [0.5, 0.6) is 5.88 Å². The van der Waals surface area contributed by atoms with E-state index in [1.807, 2.05) is 13.8 Å². The van der Waals surface area contributed by atoms with E-state index in [4.69, 9.17) is 21.3 Å². The number of methoxy groups -OCH3 is 1. The number of anilines is 1. The maximum absolute atomic E-state index is 14.8. The van der Waals surface area contributed by atoms with Crippen LogP contribution in [0.3, 0.4) is 0 Å². The molecule has 0 aliphatic carbocycles. The van der Waals surface area contributed by atoms with Crippen molar-refractivity contribution in [2.75, 3.05) is 25.1 Å². The highest BCUT2D eigenvalue weighted by Crippen LogP contribution is 2.39. The summed E-state index contributed by atoms with van der Waals surface area (Å²) in [5.41, 5.74) is 1.57. The number of aryl methyl sites for hydroxylation is 2. The van der Waals surface area contributed by atoms with Crippen LogP contribution in [0.1, 0.15) is 24.1 Å². The summed E-state index contributed by atoms with van der Waals surface area (Å²) in [5, 5.41) is 4.51. The summed E-state index contributed by atoms with van der Waals surface area (Å²) >= 11 is 5.98. The predicted molar refractivity (Wildman–Crippen MR) is 92.7 cm³/mol. The van der Waals surface area contributed by atoms with Gasteiger partial charge < -0.3 is 15.0 Å². The number of rotatable bonds is 2. The van der Waals surface area contributed by atoms with E-state index in [9.17, 15) is 4.39 Å². The van der Waals surface area contributed by atoms with Crippen LogP contribution < -0.4 is 15.0 Å². The molecule has 7 heteroatoms. The zero-order chi connectivity index (χ0) is 17.0. The third-order valence-electron chi connectivity index (χ3n) is 5.19. The lowest BCUT2D eigenvalue weighted by atomic mass is 10.0. The first-order valence-electron chi connectivity index (χ1n) is 8.20. The Morgan fingerprint density at radius 1 is 1.17 bits per heavy atom.